The highest BCUT2D eigenvalue weighted by Gasteiger charge is 2.14. The third kappa shape index (κ3) is 3.88. The van der Waals surface area contributed by atoms with Crippen LogP contribution in [0.4, 0.5) is 5.82 Å². The minimum Gasteiger partial charge on any atom is -0.304 e. The van der Waals surface area contributed by atoms with E-state index < -0.39 is 5.91 Å². The van der Waals surface area contributed by atoms with Gasteiger partial charge in [0.1, 0.15) is 12.1 Å². The van der Waals surface area contributed by atoms with Gasteiger partial charge in [-0.15, -0.1) is 5.10 Å². The van der Waals surface area contributed by atoms with Gasteiger partial charge in [-0.05, 0) is 29.8 Å². The van der Waals surface area contributed by atoms with Crippen molar-refractivity contribution in [3.63, 3.8) is 0 Å². The Morgan fingerprint density at radius 2 is 1.81 bits per heavy atom. The van der Waals surface area contributed by atoms with Crippen LogP contribution in [0.1, 0.15) is 16.2 Å². The average Bonchev–Trinajstić information content (AvgIpc) is 3.34. The number of nitrogens with zero attached hydrogens (tertiary/aromatic N) is 5. The Morgan fingerprint density at radius 1 is 1.04 bits per heavy atom. The van der Waals surface area contributed by atoms with Crippen molar-refractivity contribution in [2.45, 2.75) is 6.54 Å². The number of amides is 1. The second kappa shape index (κ2) is 7.43. The molecule has 0 radical (unpaired) electrons. The Bertz CT molecular complexity index is 1060. The molecule has 1 N–H and O–H groups in total. The zero-order chi connectivity index (χ0) is 18.6. The molecule has 0 aliphatic heterocycles. The Kier molecular flexibility index (Phi) is 4.67. The van der Waals surface area contributed by atoms with Gasteiger partial charge < -0.3 is 5.32 Å². The van der Waals surface area contributed by atoms with Gasteiger partial charge in [0.25, 0.3) is 5.91 Å². The Hall–Kier alpha value is -3.45. The molecule has 2 heterocycles. The molecule has 0 saturated carbocycles. The van der Waals surface area contributed by atoms with Crippen LogP contribution < -0.4 is 5.32 Å². The summed E-state index contributed by atoms with van der Waals surface area (Å²) in [5.74, 6) is 0.242. The molecule has 7 nitrogen and oxygen atoms in total. The van der Waals surface area contributed by atoms with Gasteiger partial charge in [0, 0.05) is 11.1 Å². The second-order valence-corrected chi connectivity index (χ2v) is 6.24. The molecule has 0 aliphatic rings. The number of benzene rings is 2. The molecule has 0 fully saturated rings. The van der Waals surface area contributed by atoms with Crippen LogP contribution in [0.15, 0.2) is 73.2 Å². The summed E-state index contributed by atoms with van der Waals surface area (Å²) in [6, 6.07) is 18.7. The third-order valence-electron chi connectivity index (χ3n) is 3.92. The van der Waals surface area contributed by atoms with Crippen LogP contribution in [-0.4, -0.2) is 30.5 Å². The fourth-order valence-corrected chi connectivity index (χ4v) is 2.70. The molecule has 4 aromatic rings. The molecular weight excluding hydrogens is 364 g/mol. The van der Waals surface area contributed by atoms with E-state index in [0.29, 0.717) is 17.4 Å². The van der Waals surface area contributed by atoms with Gasteiger partial charge in [-0.2, -0.15) is 5.10 Å². The van der Waals surface area contributed by atoms with Gasteiger partial charge in [0.2, 0.25) is 5.82 Å². The summed E-state index contributed by atoms with van der Waals surface area (Å²) in [4.78, 5) is 16.6. The van der Waals surface area contributed by atoms with Crippen molar-refractivity contribution >= 4 is 23.3 Å². The lowest BCUT2D eigenvalue weighted by molar-refractivity contribution is 0.101. The number of halogens is 1. The first-order valence-corrected chi connectivity index (χ1v) is 8.61. The number of rotatable bonds is 5. The minimum atomic E-state index is -0.400. The molecule has 0 saturated heterocycles. The lowest BCUT2D eigenvalue weighted by Gasteiger charge is -2.08. The Labute approximate surface area is 160 Å². The highest BCUT2D eigenvalue weighted by molar-refractivity contribution is 6.30. The second-order valence-electron chi connectivity index (χ2n) is 5.80. The van der Waals surface area contributed by atoms with Crippen molar-refractivity contribution in [3.05, 3.63) is 89.6 Å². The molecule has 0 bridgehead atoms. The summed E-state index contributed by atoms with van der Waals surface area (Å²) >= 11 is 5.91. The first-order valence-electron chi connectivity index (χ1n) is 8.24. The van der Waals surface area contributed by atoms with Crippen molar-refractivity contribution in [2.24, 2.45) is 0 Å². The largest absolute Gasteiger partial charge is 0.304 e. The molecule has 1 amide bonds. The van der Waals surface area contributed by atoms with Gasteiger partial charge in [-0.1, -0.05) is 41.9 Å². The van der Waals surface area contributed by atoms with Gasteiger partial charge in [-0.3, -0.25) is 4.79 Å². The highest BCUT2D eigenvalue weighted by atomic mass is 35.5. The third-order valence-corrected chi connectivity index (χ3v) is 4.17. The SMILES string of the molecule is O=C(Nc1ccnn1Cc1ccc(Cl)cc1)c1ncn(-c2ccccc2)n1. The summed E-state index contributed by atoms with van der Waals surface area (Å²) in [5, 5.41) is 12.0. The monoisotopic (exact) mass is 378 g/mol. The predicted molar refractivity (Wildman–Crippen MR) is 102 cm³/mol. The van der Waals surface area contributed by atoms with Gasteiger partial charge >= 0.3 is 0 Å². The highest BCUT2D eigenvalue weighted by Crippen LogP contribution is 2.14. The van der Waals surface area contributed by atoms with Crippen LogP contribution in [0.25, 0.3) is 5.69 Å². The quantitative estimate of drug-likeness (QED) is 0.577. The normalized spacial score (nSPS) is 10.7. The number of carbonyl (C=O) groups excluding carboxylic acids is 1. The Morgan fingerprint density at radius 3 is 2.59 bits per heavy atom. The van der Waals surface area contributed by atoms with E-state index in [-0.39, 0.29) is 5.82 Å². The fraction of sp³-hybridized carbons (Fsp3) is 0.0526. The van der Waals surface area contributed by atoms with Gasteiger partial charge in [-0.25, -0.2) is 14.3 Å². The Balaban J connectivity index is 1.48. The molecule has 134 valence electrons. The number of para-hydroxylation sites is 1. The number of anilines is 1. The lowest BCUT2D eigenvalue weighted by atomic mass is 10.2. The van der Waals surface area contributed by atoms with Crippen molar-refractivity contribution in [1.82, 2.24) is 24.5 Å². The zero-order valence-corrected chi connectivity index (χ0v) is 14.9. The molecule has 2 aromatic heterocycles. The number of aromatic nitrogens is 5. The van der Waals surface area contributed by atoms with E-state index in [0.717, 1.165) is 11.3 Å². The van der Waals surface area contributed by atoms with Crippen molar-refractivity contribution in [3.8, 4) is 5.69 Å². The standard InChI is InChI=1S/C19H15ClN6O/c20-15-8-6-14(7-9-15)12-25-17(10-11-22-25)23-19(27)18-21-13-26(24-18)16-4-2-1-3-5-16/h1-11,13H,12H2,(H,23,27). The maximum atomic E-state index is 12.5. The van der Waals surface area contributed by atoms with E-state index in [2.05, 4.69) is 20.5 Å². The van der Waals surface area contributed by atoms with Gasteiger partial charge in [0.15, 0.2) is 0 Å². The smallest absolute Gasteiger partial charge is 0.296 e. The van der Waals surface area contributed by atoms with Crippen LogP contribution in [0.3, 0.4) is 0 Å². The van der Waals surface area contributed by atoms with E-state index in [1.54, 1.807) is 21.6 Å². The molecule has 8 heteroatoms. The van der Waals surface area contributed by atoms with Crippen LogP contribution in [-0.2, 0) is 6.54 Å². The lowest BCUT2D eigenvalue weighted by Crippen LogP contribution is -2.17. The summed E-state index contributed by atoms with van der Waals surface area (Å²) in [6.45, 7) is 0.506. The van der Waals surface area contributed by atoms with Gasteiger partial charge in [0.05, 0.1) is 18.4 Å². The first-order chi connectivity index (χ1) is 13.2. The minimum absolute atomic E-state index is 0.0816. The maximum Gasteiger partial charge on any atom is 0.296 e. The molecule has 0 atom stereocenters. The van der Waals surface area contributed by atoms with E-state index in [1.165, 1.54) is 6.33 Å². The van der Waals surface area contributed by atoms with Crippen LogP contribution in [0.5, 0.6) is 0 Å². The molecule has 0 aliphatic carbocycles. The predicted octanol–water partition coefficient (Wildman–Crippen LogP) is 3.42. The molecule has 4 rings (SSSR count). The molecule has 27 heavy (non-hydrogen) atoms. The topological polar surface area (TPSA) is 77.6 Å². The van der Waals surface area contributed by atoms with Crippen molar-refractivity contribution in [2.75, 3.05) is 5.32 Å². The maximum absolute atomic E-state index is 12.5. The average molecular weight is 379 g/mol. The fourth-order valence-electron chi connectivity index (χ4n) is 2.57. The summed E-state index contributed by atoms with van der Waals surface area (Å²) in [6.07, 6.45) is 3.14. The van der Waals surface area contributed by atoms with E-state index in [4.69, 9.17) is 11.6 Å². The zero-order valence-electron chi connectivity index (χ0n) is 14.2. The van der Waals surface area contributed by atoms with E-state index in [9.17, 15) is 4.79 Å². The van der Waals surface area contributed by atoms with Crippen molar-refractivity contribution in [1.29, 1.82) is 0 Å². The summed E-state index contributed by atoms with van der Waals surface area (Å²) < 4.78 is 3.25. The van der Waals surface area contributed by atoms with Crippen LogP contribution >= 0.6 is 11.6 Å². The molecule has 2 aromatic carbocycles. The number of hydrogen-bond donors (Lipinski definition) is 1. The molecule has 0 unspecified atom stereocenters. The summed E-state index contributed by atoms with van der Waals surface area (Å²) in [7, 11) is 0. The van der Waals surface area contributed by atoms with Crippen LogP contribution in [0, 0.1) is 0 Å². The molecular formula is C19H15ClN6O. The summed E-state index contributed by atoms with van der Waals surface area (Å²) in [5.41, 5.74) is 1.85. The number of hydrogen-bond acceptors (Lipinski definition) is 4. The van der Waals surface area contributed by atoms with Crippen molar-refractivity contribution < 1.29 is 4.79 Å². The van der Waals surface area contributed by atoms with Crippen LogP contribution in [0.2, 0.25) is 5.02 Å². The molecule has 0 spiro atoms. The number of nitrogens with one attached hydrogen (secondary N) is 1. The first kappa shape index (κ1) is 17.0. The van der Waals surface area contributed by atoms with E-state index in [1.807, 2.05) is 54.6 Å². The van der Waals surface area contributed by atoms with E-state index >= 15 is 0 Å². The number of carbonyl (C=O) groups is 1.